The molecule has 12 heavy (non-hydrogen) atoms. The van der Waals surface area contributed by atoms with Crippen LogP contribution in [0.5, 0.6) is 0 Å². The van der Waals surface area contributed by atoms with Crippen LogP contribution in [-0.4, -0.2) is 12.6 Å². The molecule has 0 radical (unpaired) electrons. The lowest BCUT2D eigenvalue weighted by molar-refractivity contribution is -0.139. The van der Waals surface area contributed by atoms with Crippen LogP contribution in [0.4, 0.5) is 0 Å². The summed E-state index contributed by atoms with van der Waals surface area (Å²) >= 11 is 0. The maximum Gasteiger partial charge on any atom is 0.302 e. The van der Waals surface area contributed by atoms with Gasteiger partial charge in [-0.25, -0.2) is 0 Å². The summed E-state index contributed by atoms with van der Waals surface area (Å²) in [6.07, 6.45) is 1.55. The maximum absolute atomic E-state index is 10.4. The van der Waals surface area contributed by atoms with Gasteiger partial charge in [-0.15, -0.1) is 0 Å². The zero-order valence-corrected chi connectivity index (χ0v) is 6.87. The highest BCUT2D eigenvalue weighted by atomic mass is 16.5. The van der Waals surface area contributed by atoms with E-state index in [-0.39, 0.29) is 12.6 Å². The van der Waals surface area contributed by atoms with E-state index in [1.807, 2.05) is 0 Å². The fourth-order valence-corrected chi connectivity index (χ4v) is 0.740. The van der Waals surface area contributed by atoms with Crippen LogP contribution in [0.15, 0.2) is 29.4 Å². The van der Waals surface area contributed by atoms with Crippen molar-refractivity contribution in [1.82, 2.24) is 0 Å². The Hall–Kier alpha value is -1.51. The first-order valence-electron chi connectivity index (χ1n) is 3.55. The minimum Gasteiger partial charge on any atom is -0.465 e. The first-order chi connectivity index (χ1) is 5.70. The van der Waals surface area contributed by atoms with E-state index in [2.05, 4.69) is 6.58 Å². The second-order valence-corrected chi connectivity index (χ2v) is 2.36. The molecule has 1 heterocycles. The summed E-state index contributed by atoms with van der Waals surface area (Å²) < 4.78 is 9.77. The molecule has 0 aromatic carbocycles. The fraction of sp³-hybridized carbons (Fsp3) is 0.222. The monoisotopic (exact) mass is 166 g/mol. The van der Waals surface area contributed by atoms with Crippen molar-refractivity contribution < 1.29 is 13.9 Å². The van der Waals surface area contributed by atoms with Gasteiger partial charge in [-0.2, -0.15) is 0 Å². The summed E-state index contributed by atoms with van der Waals surface area (Å²) in [6.45, 7) is 5.24. The van der Waals surface area contributed by atoms with Crippen LogP contribution in [0.25, 0.3) is 5.57 Å². The molecule has 0 spiro atoms. The molecule has 0 atom stereocenters. The molecule has 0 saturated carbocycles. The summed E-state index contributed by atoms with van der Waals surface area (Å²) in [7, 11) is 0. The number of carbonyl (C=O) groups excluding carboxylic acids is 1. The zero-order valence-electron chi connectivity index (χ0n) is 6.87. The fourth-order valence-electron chi connectivity index (χ4n) is 0.740. The van der Waals surface area contributed by atoms with Crippen LogP contribution in [-0.2, 0) is 9.53 Å². The van der Waals surface area contributed by atoms with E-state index in [0.717, 1.165) is 0 Å². The first-order valence-corrected chi connectivity index (χ1v) is 3.55. The van der Waals surface area contributed by atoms with Gasteiger partial charge in [0.2, 0.25) is 0 Å². The Balaban J connectivity index is 2.45. The Morgan fingerprint density at radius 3 is 3.00 bits per heavy atom. The number of furan rings is 1. The van der Waals surface area contributed by atoms with E-state index in [9.17, 15) is 4.79 Å². The molecule has 0 fully saturated rings. The molecule has 3 nitrogen and oxygen atoms in total. The van der Waals surface area contributed by atoms with Crippen molar-refractivity contribution in [2.45, 2.75) is 6.92 Å². The third kappa shape index (κ3) is 2.27. The molecular weight excluding hydrogens is 156 g/mol. The average Bonchev–Trinajstić information content (AvgIpc) is 2.51. The summed E-state index contributed by atoms with van der Waals surface area (Å²) in [6, 6.07) is 3.53. The normalized spacial score (nSPS) is 9.42. The predicted molar refractivity (Wildman–Crippen MR) is 44.4 cm³/mol. The van der Waals surface area contributed by atoms with Crippen molar-refractivity contribution >= 4 is 11.5 Å². The number of rotatable bonds is 3. The Bertz CT molecular complexity index is 272. The van der Waals surface area contributed by atoms with E-state index in [0.29, 0.717) is 11.3 Å². The van der Waals surface area contributed by atoms with Gasteiger partial charge in [-0.3, -0.25) is 4.79 Å². The molecule has 3 heteroatoms. The number of carbonyl (C=O) groups is 1. The van der Waals surface area contributed by atoms with Gasteiger partial charge < -0.3 is 9.15 Å². The van der Waals surface area contributed by atoms with Crippen molar-refractivity contribution in [2.75, 3.05) is 6.61 Å². The number of ether oxygens (including phenoxy) is 1. The van der Waals surface area contributed by atoms with E-state index in [4.69, 9.17) is 9.15 Å². The van der Waals surface area contributed by atoms with Crippen LogP contribution in [0.1, 0.15) is 12.7 Å². The molecule has 0 amide bonds. The quantitative estimate of drug-likeness (QED) is 0.643. The van der Waals surface area contributed by atoms with Gasteiger partial charge >= 0.3 is 5.97 Å². The van der Waals surface area contributed by atoms with Crippen molar-refractivity contribution in [3.05, 3.63) is 30.7 Å². The highest BCUT2D eigenvalue weighted by molar-refractivity contribution is 5.68. The van der Waals surface area contributed by atoms with Crippen molar-refractivity contribution in [3.8, 4) is 0 Å². The molecule has 0 aliphatic carbocycles. The lowest BCUT2D eigenvalue weighted by Gasteiger charge is -2.01. The second-order valence-electron chi connectivity index (χ2n) is 2.36. The van der Waals surface area contributed by atoms with Gasteiger partial charge in [-0.05, 0) is 12.1 Å². The number of hydrogen-bond acceptors (Lipinski definition) is 3. The van der Waals surface area contributed by atoms with Gasteiger partial charge in [0.15, 0.2) is 0 Å². The van der Waals surface area contributed by atoms with Gasteiger partial charge in [0.1, 0.15) is 12.4 Å². The summed E-state index contributed by atoms with van der Waals surface area (Å²) in [4.78, 5) is 10.4. The van der Waals surface area contributed by atoms with Crippen molar-refractivity contribution in [2.24, 2.45) is 0 Å². The summed E-state index contributed by atoms with van der Waals surface area (Å²) in [5.74, 6) is 0.332. The summed E-state index contributed by atoms with van der Waals surface area (Å²) in [5.41, 5.74) is 0.662. The molecule has 64 valence electrons. The minimum atomic E-state index is -0.317. The second kappa shape index (κ2) is 3.76. The SMILES string of the molecule is C=C(COC(C)=O)c1ccco1. The van der Waals surface area contributed by atoms with Gasteiger partial charge in [-0.1, -0.05) is 6.58 Å². The molecule has 0 aliphatic heterocycles. The van der Waals surface area contributed by atoms with Crippen LogP contribution in [0.3, 0.4) is 0 Å². The van der Waals surface area contributed by atoms with Gasteiger partial charge in [0, 0.05) is 12.5 Å². The maximum atomic E-state index is 10.4. The predicted octanol–water partition coefficient (Wildman–Crippen LogP) is 1.86. The molecular formula is C9H10O3. The first kappa shape index (κ1) is 8.59. The van der Waals surface area contributed by atoms with Crippen LogP contribution in [0, 0.1) is 0 Å². The van der Waals surface area contributed by atoms with Gasteiger partial charge in [0.05, 0.1) is 6.26 Å². The molecule has 0 N–H and O–H groups in total. The lowest BCUT2D eigenvalue weighted by Crippen LogP contribution is -2.01. The van der Waals surface area contributed by atoms with Crippen molar-refractivity contribution in [1.29, 1.82) is 0 Å². The summed E-state index contributed by atoms with van der Waals surface area (Å²) in [5, 5.41) is 0. The molecule has 0 aliphatic rings. The molecule has 0 saturated heterocycles. The third-order valence-corrected chi connectivity index (χ3v) is 1.32. The van der Waals surface area contributed by atoms with E-state index >= 15 is 0 Å². The zero-order chi connectivity index (χ0) is 8.97. The van der Waals surface area contributed by atoms with Crippen LogP contribution >= 0.6 is 0 Å². The van der Waals surface area contributed by atoms with Crippen LogP contribution in [0.2, 0.25) is 0 Å². The molecule has 0 unspecified atom stereocenters. The molecule has 1 rings (SSSR count). The Kier molecular flexibility index (Phi) is 2.69. The van der Waals surface area contributed by atoms with Gasteiger partial charge in [0.25, 0.3) is 0 Å². The average molecular weight is 166 g/mol. The number of hydrogen-bond donors (Lipinski definition) is 0. The van der Waals surface area contributed by atoms with E-state index < -0.39 is 0 Å². The topological polar surface area (TPSA) is 39.4 Å². The van der Waals surface area contributed by atoms with E-state index in [1.54, 1.807) is 18.4 Å². The lowest BCUT2D eigenvalue weighted by atomic mass is 10.2. The highest BCUT2D eigenvalue weighted by Gasteiger charge is 2.02. The molecule has 1 aromatic rings. The highest BCUT2D eigenvalue weighted by Crippen LogP contribution is 2.12. The molecule has 0 bridgehead atoms. The van der Waals surface area contributed by atoms with Crippen LogP contribution < -0.4 is 0 Å². The Labute approximate surface area is 70.6 Å². The van der Waals surface area contributed by atoms with E-state index in [1.165, 1.54) is 6.92 Å². The minimum absolute atomic E-state index is 0.183. The molecule has 1 aromatic heterocycles. The smallest absolute Gasteiger partial charge is 0.302 e. The Morgan fingerprint density at radius 2 is 2.50 bits per heavy atom. The Morgan fingerprint density at radius 1 is 1.75 bits per heavy atom. The third-order valence-electron chi connectivity index (χ3n) is 1.32. The largest absolute Gasteiger partial charge is 0.465 e. The van der Waals surface area contributed by atoms with Crippen molar-refractivity contribution in [3.63, 3.8) is 0 Å². The standard InChI is InChI=1S/C9H10O3/c1-7(6-12-8(2)10)9-4-3-5-11-9/h3-5H,1,6H2,2H3. The number of esters is 1.